The summed E-state index contributed by atoms with van der Waals surface area (Å²) in [5, 5.41) is 12.3. The van der Waals surface area contributed by atoms with Crippen molar-refractivity contribution in [3.63, 3.8) is 0 Å². The lowest BCUT2D eigenvalue weighted by Gasteiger charge is -2.33. The van der Waals surface area contributed by atoms with E-state index in [1.54, 1.807) is 4.90 Å². The number of hydrogen-bond donors (Lipinski definition) is 2. The van der Waals surface area contributed by atoms with E-state index in [4.69, 9.17) is 0 Å². The van der Waals surface area contributed by atoms with Crippen molar-refractivity contribution in [3.8, 4) is 0 Å². The van der Waals surface area contributed by atoms with E-state index in [1.807, 2.05) is 14.1 Å². The summed E-state index contributed by atoms with van der Waals surface area (Å²) in [5.74, 6) is -0.500. The number of carboxylic acids is 1. The first-order chi connectivity index (χ1) is 10.0. The molecule has 2 aliphatic rings. The van der Waals surface area contributed by atoms with Gasteiger partial charge in [0.25, 0.3) is 0 Å². The molecule has 0 radical (unpaired) electrons. The molecule has 6 heteroatoms. The van der Waals surface area contributed by atoms with Crippen molar-refractivity contribution in [2.75, 3.05) is 27.2 Å². The van der Waals surface area contributed by atoms with Gasteiger partial charge in [-0.1, -0.05) is 12.8 Å². The molecule has 1 aliphatic heterocycles. The van der Waals surface area contributed by atoms with Gasteiger partial charge in [-0.05, 0) is 52.2 Å². The molecule has 1 saturated heterocycles. The number of urea groups is 1. The summed E-state index contributed by atoms with van der Waals surface area (Å²) >= 11 is 0. The molecule has 0 bridgehead atoms. The standard InChI is InChI=1S/C15H27N3O3/c1-17(2)9-5-8-16-15(21)18-12-7-4-3-6-11(12)10-13(18)14(19)20/h11-13H,3-10H2,1-2H3,(H,16,21)(H,19,20). The largest absolute Gasteiger partial charge is 0.480 e. The van der Waals surface area contributed by atoms with Crippen LogP contribution in [0.4, 0.5) is 4.79 Å². The fourth-order valence-corrected chi connectivity index (χ4v) is 3.65. The van der Waals surface area contributed by atoms with E-state index in [0.717, 1.165) is 38.6 Å². The summed E-state index contributed by atoms with van der Waals surface area (Å²) in [6.07, 6.45) is 5.74. The van der Waals surface area contributed by atoms with Crippen LogP contribution in [0.3, 0.4) is 0 Å². The number of nitrogens with zero attached hydrogens (tertiary/aromatic N) is 2. The minimum Gasteiger partial charge on any atom is -0.480 e. The molecule has 0 aromatic rings. The van der Waals surface area contributed by atoms with Crippen molar-refractivity contribution in [3.05, 3.63) is 0 Å². The average molecular weight is 297 g/mol. The number of likely N-dealkylation sites (tertiary alicyclic amines) is 1. The van der Waals surface area contributed by atoms with E-state index >= 15 is 0 Å². The number of fused-ring (bicyclic) bond motifs is 1. The van der Waals surface area contributed by atoms with E-state index in [0.29, 0.717) is 18.9 Å². The second-order valence-electron chi connectivity index (χ2n) is 6.50. The zero-order chi connectivity index (χ0) is 15.4. The Morgan fingerprint density at radius 2 is 2.00 bits per heavy atom. The van der Waals surface area contributed by atoms with Crippen molar-refractivity contribution in [1.82, 2.24) is 15.1 Å². The first-order valence-corrected chi connectivity index (χ1v) is 7.94. The van der Waals surface area contributed by atoms with E-state index in [1.165, 1.54) is 0 Å². The Balaban J connectivity index is 1.93. The SMILES string of the molecule is CN(C)CCCNC(=O)N1C(C(=O)O)CC2CCCCC21. The maximum atomic E-state index is 12.4. The van der Waals surface area contributed by atoms with Crippen LogP contribution in [-0.2, 0) is 4.79 Å². The summed E-state index contributed by atoms with van der Waals surface area (Å²) in [4.78, 5) is 27.5. The van der Waals surface area contributed by atoms with Crippen molar-refractivity contribution >= 4 is 12.0 Å². The van der Waals surface area contributed by atoms with Gasteiger partial charge < -0.3 is 20.2 Å². The highest BCUT2D eigenvalue weighted by Crippen LogP contribution is 2.39. The molecular weight excluding hydrogens is 270 g/mol. The second kappa shape index (κ2) is 7.11. The van der Waals surface area contributed by atoms with Gasteiger partial charge in [-0.3, -0.25) is 0 Å². The number of amides is 2. The van der Waals surface area contributed by atoms with Crippen molar-refractivity contribution in [1.29, 1.82) is 0 Å². The fraction of sp³-hybridized carbons (Fsp3) is 0.867. The molecule has 2 N–H and O–H groups in total. The van der Waals surface area contributed by atoms with E-state index in [9.17, 15) is 14.7 Å². The minimum absolute atomic E-state index is 0.119. The quantitative estimate of drug-likeness (QED) is 0.752. The summed E-state index contributed by atoms with van der Waals surface area (Å²) in [6, 6.07) is -0.726. The number of aliphatic carboxylic acids is 1. The van der Waals surface area contributed by atoms with Gasteiger partial charge in [-0.25, -0.2) is 9.59 Å². The molecule has 0 spiro atoms. The molecule has 2 fully saturated rings. The van der Waals surface area contributed by atoms with Crippen LogP contribution < -0.4 is 5.32 Å². The molecular formula is C15H27N3O3. The van der Waals surface area contributed by atoms with Gasteiger partial charge in [-0.2, -0.15) is 0 Å². The van der Waals surface area contributed by atoms with Crippen LogP contribution in [0.15, 0.2) is 0 Å². The van der Waals surface area contributed by atoms with E-state index in [-0.39, 0.29) is 12.1 Å². The monoisotopic (exact) mass is 297 g/mol. The molecule has 1 saturated carbocycles. The highest BCUT2D eigenvalue weighted by Gasteiger charge is 2.47. The lowest BCUT2D eigenvalue weighted by molar-refractivity contribution is -0.141. The first-order valence-electron chi connectivity index (χ1n) is 7.94. The van der Waals surface area contributed by atoms with Gasteiger partial charge in [0.2, 0.25) is 0 Å². The molecule has 3 atom stereocenters. The van der Waals surface area contributed by atoms with Gasteiger partial charge >= 0.3 is 12.0 Å². The third-order valence-corrected chi connectivity index (χ3v) is 4.67. The molecule has 0 aromatic carbocycles. The smallest absolute Gasteiger partial charge is 0.326 e. The Kier molecular flexibility index (Phi) is 5.45. The van der Waals surface area contributed by atoms with Gasteiger partial charge in [0.05, 0.1) is 0 Å². The highest BCUT2D eigenvalue weighted by atomic mass is 16.4. The number of carbonyl (C=O) groups is 2. The van der Waals surface area contributed by atoms with Crippen molar-refractivity contribution < 1.29 is 14.7 Å². The predicted molar refractivity (Wildman–Crippen MR) is 80.2 cm³/mol. The molecule has 3 unspecified atom stereocenters. The van der Waals surface area contributed by atoms with Crippen LogP contribution in [0.5, 0.6) is 0 Å². The van der Waals surface area contributed by atoms with Gasteiger partial charge in [0, 0.05) is 12.6 Å². The van der Waals surface area contributed by atoms with E-state index < -0.39 is 12.0 Å². The van der Waals surface area contributed by atoms with Crippen LogP contribution in [-0.4, -0.2) is 66.2 Å². The third kappa shape index (κ3) is 3.87. The van der Waals surface area contributed by atoms with Crippen LogP contribution in [0.2, 0.25) is 0 Å². The number of carbonyl (C=O) groups excluding carboxylic acids is 1. The zero-order valence-electron chi connectivity index (χ0n) is 13.0. The van der Waals surface area contributed by atoms with Crippen LogP contribution >= 0.6 is 0 Å². The Hall–Kier alpha value is -1.30. The Morgan fingerprint density at radius 3 is 2.67 bits per heavy atom. The Bertz CT molecular complexity index is 386. The van der Waals surface area contributed by atoms with Gasteiger partial charge in [0.1, 0.15) is 6.04 Å². The molecule has 6 nitrogen and oxygen atoms in total. The van der Waals surface area contributed by atoms with Crippen molar-refractivity contribution in [2.45, 2.75) is 50.6 Å². The number of nitrogens with one attached hydrogen (secondary N) is 1. The van der Waals surface area contributed by atoms with E-state index in [2.05, 4.69) is 10.2 Å². The number of carboxylic acid groups (broad SMARTS) is 1. The molecule has 2 rings (SSSR count). The van der Waals surface area contributed by atoms with Crippen LogP contribution in [0, 0.1) is 5.92 Å². The molecule has 0 aromatic heterocycles. The van der Waals surface area contributed by atoms with Gasteiger partial charge in [0.15, 0.2) is 0 Å². The summed E-state index contributed by atoms with van der Waals surface area (Å²) in [7, 11) is 3.99. The highest BCUT2D eigenvalue weighted by molar-refractivity contribution is 5.83. The second-order valence-corrected chi connectivity index (χ2v) is 6.50. The molecule has 21 heavy (non-hydrogen) atoms. The van der Waals surface area contributed by atoms with Crippen LogP contribution in [0.1, 0.15) is 38.5 Å². The fourth-order valence-electron chi connectivity index (χ4n) is 3.65. The molecule has 2 amide bonds. The van der Waals surface area contributed by atoms with Crippen molar-refractivity contribution in [2.24, 2.45) is 5.92 Å². The summed E-state index contributed by atoms with van der Waals surface area (Å²) in [6.45, 7) is 1.51. The normalized spacial score (nSPS) is 28.5. The predicted octanol–water partition coefficient (Wildman–Crippen LogP) is 1.37. The average Bonchev–Trinajstić information content (AvgIpc) is 2.83. The van der Waals surface area contributed by atoms with Crippen LogP contribution in [0.25, 0.3) is 0 Å². The summed E-state index contributed by atoms with van der Waals surface area (Å²) < 4.78 is 0. The minimum atomic E-state index is -0.868. The zero-order valence-corrected chi connectivity index (χ0v) is 13.0. The number of hydrogen-bond acceptors (Lipinski definition) is 3. The Morgan fingerprint density at radius 1 is 1.29 bits per heavy atom. The maximum Gasteiger partial charge on any atom is 0.326 e. The Labute approximate surface area is 126 Å². The van der Waals surface area contributed by atoms with Gasteiger partial charge in [-0.15, -0.1) is 0 Å². The molecule has 1 aliphatic carbocycles. The molecule has 1 heterocycles. The third-order valence-electron chi connectivity index (χ3n) is 4.67. The topological polar surface area (TPSA) is 72.9 Å². The lowest BCUT2D eigenvalue weighted by atomic mass is 9.85. The first kappa shape index (κ1) is 16.1. The summed E-state index contributed by atoms with van der Waals surface area (Å²) in [5.41, 5.74) is 0. The number of rotatable bonds is 5. The lowest BCUT2D eigenvalue weighted by Crippen LogP contribution is -2.51. The maximum absolute atomic E-state index is 12.4. The molecule has 120 valence electrons.